The number of hydroxylamine groups is 4. The number of carbonyl (C=O) groups excluding carboxylic acids is 4. The molecule has 4 amide bonds. The second-order valence-electron chi connectivity index (χ2n) is 8.32. The SMILES string of the molecule is CCCCCOC(CCCC(OCCCCC)ON1C(=O)CCC1=O)ON1C(=O)CCC1=O. The van der Waals surface area contributed by atoms with Gasteiger partial charge >= 0.3 is 0 Å². The third-order valence-corrected chi connectivity index (χ3v) is 5.44. The number of rotatable bonds is 18. The van der Waals surface area contributed by atoms with E-state index >= 15 is 0 Å². The standard InChI is InChI=1S/C23H38N2O8/c1-3-5-7-16-30-22(32-24-18(26)12-13-19(24)27)10-9-11-23(31-17-8-6-4-2)33-25-20(28)14-15-21(25)29/h22-23H,3-17H2,1-2H3. The number of amides is 4. The fourth-order valence-electron chi connectivity index (χ4n) is 3.50. The number of hydrogen-bond acceptors (Lipinski definition) is 8. The number of ether oxygens (including phenoxy) is 2. The lowest BCUT2D eigenvalue weighted by Crippen LogP contribution is -2.36. The predicted molar refractivity (Wildman–Crippen MR) is 117 cm³/mol. The number of unbranched alkanes of at least 4 members (excludes halogenated alkanes) is 4. The van der Waals surface area contributed by atoms with Gasteiger partial charge in [-0.15, -0.1) is 0 Å². The monoisotopic (exact) mass is 470 g/mol. The third kappa shape index (κ3) is 9.48. The van der Waals surface area contributed by atoms with E-state index in [4.69, 9.17) is 19.1 Å². The lowest BCUT2D eigenvalue weighted by Gasteiger charge is -2.25. The van der Waals surface area contributed by atoms with Gasteiger partial charge in [-0.05, 0) is 19.3 Å². The summed E-state index contributed by atoms with van der Waals surface area (Å²) in [5.41, 5.74) is 0. The molecule has 2 aliphatic heterocycles. The predicted octanol–water partition coefficient (Wildman–Crippen LogP) is 3.38. The van der Waals surface area contributed by atoms with E-state index in [0.29, 0.717) is 32.5 Å². The van der Waals surface area contributed by atoms with E-state index in [0.717, 1.165) is 48.7 Å². The van der Waals surface area contributed by atoms with Crippen LogP contribution in [0.5, 0.6) is 0 Å². The summed E-state index contributed by atoms with van der Waals surface area (Å²) in [7, 11) is 0. The highest BCUT2D eigenvalue weighted by molar-refractivity contribution is 6.01. The molecule has 2 aliphatic rings. The fraction of sp³-hybridized carbons (Fsp3) is 0.826. The number of carbonyl (C=O) groups is 4. The highest BCUT2D eigenvalue weighted by atomic mass is 16.8. The molecule has 0 aliphatic carbocycles. The summed E-state index contributed by atoms with van der Waals surface area (Å²) in [6.07, 6.45) is 6.14. The Balaban J connectivity index is 1.89. The summed E-state index contributed by atoms with van der Waals surface area (Å²) >= 11 is 0. The van der Waals surface area contributed by atoms with Gasteiger partial charge in [-0.1, -0.05) is 39.5 Å². The maximum absolute atomic E-state index is 11.9. The van der Waals surface area contributed by atoms with Gasteiger partial charge < -0.3 is 9.47 Å². The smallest absolute Gasteiger partial charge is 0.254 e. The second kappa shape index (κ2) is 15.1. The van der Waals surface area contributed by atoms with Crippen molar-refractivity contribution in [3.8, 4) is 0 Å². The quantitative estimate of drug-likeness (QED) is 0.170. The van der Waals surface area contributed by atoms with Crippen LogP contribution >= 0.6 is 0 Å². The van der Waals surface area contributed by atoms with Crippen LogP contribution in [0.4, 0.5) is 0 Å². The van der Waals surface area contributed by atoms with E-state index in [1.807, 2.05) is 0 Å². The number of nitrogens with zero attached hydrogens (tertiary/aromatic N) is 2. The first-order chi connectivity index (χ1) is 16.0. The molecule has 0 saturated carbocycles. The third-order valence-electron chi connectivity index (χ3n) is 5.44. The van der Waals surface area contributed by atoms with Crippen molar-refractivity contribution in [2.45, 2.75) is 110 Å². The molecule has 2 rings (SSSR count). The fourth-order valence-corrected chi connectivity index (χ4v) is 3.50. The highest BCUT2D eigenvalue weighted by Gasteiger charge is 2.34. The molecule has 0 aromatic rings. The van der Waals surface area contributed by atoms with Crippen molar-refractivity contribution in [3.05, 3.63) is 0 Å². The van der Waals surface area contributed by atoms with Crippen molar-refractivity contribution in [2.24, 2.45) is 0 Å². The zero-order valence-electron chi connectivity index (χ0n) is 19.9. The lowest BCUT2D eigenvalue weighted by atomic mass is 10.2. The molecule has 0 radical (unpaired) electrons. The van der Waals surface area contributed by atoms with Crippen molar-refractivity contribution in [1.29, 1.82) is 0 Å². The molecule has 2 heterocycles. The van der Waals surface area contributed by atoms with Gasteiger partial charge in [0.1, 0.15) is 0 Å². The maximum atomic E-state index is 11.9. The van der Waals surface area contributed by atoms with Gasteiger partial charge in [0.2, 0.25) is 0 Å². The summed E-state index contributed by atoms with van der Waals surface area (Å²) in [6, 6.07) is 0. The normalized spacial score (nSPS) is 18.6. The van der Waals surface area contributed by atoms with Crippen molar-refractivity contribution in [3.63, 3.8) is 0 Å². The van der Waals surface area contributed by atoms with Gasteiger partial charge in [-0.3, -0.25) is 19.2 Å². The summed E-state index contributed by atoms with van der Waals surface area (Å²) in [5, 5.41) is 1.61. The summed E-state index contributed by atoms with van der Waals surface area (Å²) in [5.74, 6) is -1.47. The minimum atomic E-state index is -0.761. The van der Waals surface area contributed by atoms with Gasteiger partial charge in [0.05, 0.1) is 0 Å². The van der Waals surface area contributed by atoms with Crippen LogP contribution in [0.15, 0.2) is 0 Å². The molecule has 0 spiro atoms. The van der Waals surface area contributed by atoms with E-state index in [9.17, 15) is 19.2 Å². The van der Waals surface area contributed by atoms with E-state index in [-0.39, 0.29) is 49.3 Å². The highest BCUT2D eigenvalue weighted by Crippen LogP contribution is 2.21. The van der Waals surface area contributed by atoms with Gasteiger partial charge in [-0.2, -0.15) is 10.1 Å². The lowest BCUT2D eigenvalue weighted by molar-refractivity contribution is -0.268. The van der Waals surface area contributed by atoms with Crippen LogP contribution in [0.25, 0.3) is 0 Å². The van der Waals surface area contributed by atoms with Crippen LogP contribution in [0, 0.1) is 0 Å². The van der Waals surface area contributed by atoms with E-state index in [2.05, 4.69) is 13.8 Å². The Labute approximate surface area is 195 Å². The van der Waals surface area contributed by atoms with E-state index in [1.165, 1.54) is 0 Å². The van der Waals surface area contributed by atoms with Crippen LogP contribution in [0.3, 0.4) is 0 Å². The van der Waals surface area contributed by atoms with Crippen LogP contribution in [0.1, 0.15) is 97.3 Å². The molecule has 10 heteroatoms. The van der Waals surface area contributed by atoms with Gasteiger partial charge in [0.25, 0.3) is 23.6 Å². The molecule has 33 heavy (non-hydrogen) atoms. The zero-order valence-corrected chi connectivity index (χ0v) is 19.9. The largest absolute Gasteiger partial charge is 0.350 e. The Morgan fingerprint density at radius 3 is 1.30 bits per heavy atom. The topological polar surface area (TPSA) is 112 Å². The van der Waals surface area contributed by atoms with Crippen molar-refractivity contribution in [2.75, 3.05) is 13.2 Å². The Morgan fingerprint density at radius 2 is 0.970 bits per heavy atom. The van der Waals surface area contributed by atoms with Crippen LogP contribution in [-0.2, 0) is 38.3 Å². The van der Waals surface area contributed by atoms with E-state index in [1.54, 1.807) is 0 Å². The molecule has 10 nitrogen and oxygen atoms in total. The minimum absolute atomic E-state index is 0.140. The molecule has 0 aromatic heterocycles. The minimum Gasteiger partial charge on any atom is -0.350 e. The van der Waals surface area contributed by atoms with Gasteiger partial charge in [0.15, 0.2) is 12.6 Å². The first kappa shape index (κ1) is 27.4. The molecular weight excluding hydrogens is 432 g/mol. The molecule has 2 atom stereocenters. The molecule has 0 aromatic carbocycles. The molecule has 0 N–H and O–H groups in total. The van der Waals surface area contributed by atoms with Crippen molar-refractivity contribution < 1.29 is 38.3 Å². The first-order valence-corrected chi connectivity index (χ1v) is 12.2. The first-order valence-electron chi connectivity index (χ1n) is 12.2. The Bertz CT molecular complexity index is 570. The van der Waals surface area contributed by atoms with Crippen molar-refractivity contribution >= 4 is 23.6 Å². The number of hydrogen-bond donors (Lipinski definition) is 0. The Morgan fingerprint density at radius 1 is 0.606 bits per heavy atom. The average molecular weight is 471 g/mol. The van der Waals surface area contributed by atoms with Gasteiger partial charge in [-0.25, -0.2) is 9.68 Å². The maximum Gasteiger partial charge on any atom is 0.254 e. The Kier molecular flexibility index (Phi) is 12.5. The molecule has 2 fully saturated rings. The summed E-state index contributed by atoms with van der Waals surface area (Å²) in [4.78, 5) is 58.9. The summed E-state index contributed by atoms with van der Waals surface area (Å²) in [6.45, 7) is 5.09. The van der Waals surface area contributed by atoms with Gasteiger partial charge in [0, 0.05) is 51.7 Å². The van der Waals surface area contributed by atoms with Crippen molar-refractivity contribution in [1.82, 2.24) is 10.1 Å². The average Bonchev–Trinajstić information content (AvgIpc) is 3.29. The molecule has 188 valence electrons. The second-order valence-corrected chi connectivity index (χ2v) is 8.32. The Hall–Kier alpha value is -1.88. The molecule has 2 unspecified atom stereocenters. The molecule has 2 saturated heterocycles. The number of imide groups is 2. The van der Waals surface area contributed by atoms with E-state index < -0.39 is 12.6 Å². The zero-order chi connectivity index (χ0) is 24.1. The van der Waals surface area contributed by atoms with Crippen LogP contribution < -0.4 is 0 Å². The van der Waals surface area contributed by atoms with Crippen LogP contribution in [-0.4, -0.2) is 59.5 Å². The van der Waals surface area contributed by atoms with Crippen LogP contribution in [0.2, 0.25) is 0 Å². The molecule has 0 bridgehead atoms. The summed E-state index contributed by atoms with van der Waals surface area (Å²) < 4.78 is 11.6. The molecular formula is C23H38N2O8.